The summed E-state index contributed by atoms with van der Waals surface area (Å²) in [6, 6.07) is 9.74. The molecule has 0 bridgehead atoms. The van der Waals surface area contributed by atoms with E-state index in [0.29, 0.717) is 24.6 Å². The van der Waals surface area contributed by atoms with Crippen LogP contribution in [0.3, 0.4) is 0 Å². The summed E-state index contributed by atoms with van der Waals surface area (Å²) in [5.41, 5.74) is 0.625. The number of anilines is 1. The molecule has 2 aliphatic heterocycles. The first-order valence-corrected chi connectivity index (χ1v) is 9.03. The molecule has 1 amide bonds. The molecule has 27 heavy (non-hydrogen) atoms. The van der Waals surface area contributed by atoms with Gasteiger partial charge in [0.25, 0.3) is 5.91 Å². The fourth-order valence-corrected chi connectivity index (χ4v) is 3.39. The molecule has 0 atom stereocenters. The number of nitrogens with one attached hydrogen (secondary N) is 1. The number of halogens is 1. The van der Waals surface area contributed by atoms with Crippen LogP contribution in [0.2, 0.25) is 0 Å². The second kappa shape index (κ2) is 7.58. The van der Waals surface area contributed by atoms with E-state index in [-0.39, 0.29) is 24.0 Å². The van der Waals surface area contributed by atoms with Gasteiger partial charge in [-0.3, -0.25) is 4.79 Å². The van der Waals surface area contributed by atoms with Crippen LogP contribution in [0.25, 0.3) is 0 Å². The molecule has 142 valence electrons. The lowest BCUT2D eigenvalue weighted by Gasteiger charge is -2.37. The topological polar surface area (TPSA) is 76.6 Å². The van der Waals surface area contributed by atoms with E-state index in [2.05, 4.69) is 20.4 Å². The molecule has 8 heteroatoms. The number of piperidine rings is 1. The highest BCUT2D eigenvalue weighted by molar-refractivity contribution is 5.92. The number of hydrogen-bond acceptors (Lipinski definition) is 6. The highest BCUT2D eigenvalue weighted by atomic mass is 19.1. The Labute approximate surface area is 156 Å². The minimum Gasteiger partial charge on any atom is -0.355 e. The van der Waals surface area contributed by atoms with Crippen molar-refractivity contribution in [2.24, 2.45) is 0 Å². The Morgan fingerprint density at radius 3 is 2.52 bits per heavy atom. The van der Waals surface area contributed by atoms with Crippen molar-refractivity contribution in [3.05, 3.63) is 53.5 Å². The molecule has 2 aliphatic rings. The molecule has 0 saturated carbocycles. The van der Waals surface area contributed by atoms with Gasteiger partial charge in [-0.2, -0.15) is 0 Å². The molecule has 2 saturated heterocycles. The first kappa shape index (κ1) is 17.8. The van der Waals surface area contributed by atoms with Crippen molar-refractivity contribution in [3.8, 4) is 0 Å². The quantitative estimate of drug-likeness (QED) is 0.883. The van der Waals surface area contributed by atoms with E-state index in [1.54, 1.807) is 30.3 Å². The maximum Gasteiger partial charge on any atom is 0.272 e. The van der Waals surface area contributed by atoms with E-state index in [1.165, 1.54) is 6.07 Å². The molecule has 0 unspecified atom stereocenters. The number of hydrogen-bond donors (Lipinski definition) is 1. The lowest BCUT2D eigenvalue weighted by atomic mass is 10.0. The fraction of sp³-hybridized carbons (Fsp3) is 0.421. The number of ether oxygens (including phenoxy) is 2. The normalized spacial score (nSPS) is 18.6. The van der Waals surface area contributed by atoms with Crippen LogP contribution in [0.1, 0.15) is 28.9 Å². The van der Waals surface area contributed by atoms with Crippen LogP contribution in [0.5, 0.6) is 0 Å². The molecular formula is C19H21FN4O3. The summed E-state index contributed by atoms with van der Waals surface area (Å²) < 4.78 is 25.1. The zero-order valence-electron chi connectivity index (χ0n) is 14.9. The molecule has 1 aromatic heterocycles. The van der Waals surface area contributed by atoms with E-state index in [0.717, 1.165) is 25.9 Å². The van der Waals surface area contributed by atoms with E-state index in [1.807, 2.05) is 0 Å². The van der Waals surface area contributed by atoms with Gasteiger partial charge in [0.15, 0.2) is 17.3 Å². The average Bonchev–Trinajstić information content (AvgIpc) is 3.16. The highest BCUT2D eigenvalue weighted by Gasteiger charge is 2.40. The van der Waals surface area contributed by atoms with Crippen LogP contribution in [0.15, 0.2) is 36.4 Å². The molecule has 2 aromatic rings. The van der Waals surface area contributed by atoms with Gasteiger partial charge in [-0.1, -0.05) is 18.2 Å². The minimum atomic E-state index is -0.434. The Bertz CT molecular complexity index is 799. The van der Waals surface area contributed by atoms with Crippen molar-refractivity contribution in [2.45, 2.75) is 25.2 Å². The first-order valence-electron chi connectivity index (χ1n) is 9.03. The molecule has 0 aliphatic carbocycles. The summed E-state index contributed by atoms with van der Waals surface area (Å²) in [6.07, 6.45) is 1.55. The second-order valence-electron chi connectivity index (χ2n) is 6.65. The second-order valence-corrected chi connectivity index (χ2v) is 6.65. The number of carbonyl (C=O) groups excluding carboxylic acids is 1. The molecule has 1 aromatic carbocycles. The van der Waals surface area contributed by atoms with Gasteiger partial charge in [0.2, 0.25) is 0 Å². The molecule has 1 spiro atoms. The lowest BCUT2D eigenvalue weighted by Crippen LogP contribution is -2.45. The summed E-state index contributed by atoms with van der Waals surface area (Å²) in [5, 5.41) is 10.8. The summed E-state index contributed by atoms with van der Waals surface area (Å²) in [6.45, 7) is 2.91. The summed E-state index contributed by atoms with van der Waals surface area (Å²) in [4.78, 5) is 14.3. The van der Waals surface area contributed by atoms with E-state index in [4.69, 9.17) is 9.47 Å². The van der Waals surface area contributed by atoms with Crippen LogP contribution < -0.4 is 10.2 Å². The Hall–Kier alpha value is -2.58. The van der Waals surface area contributed by atoms with Gasteiger partial charge < -0.3 is 19.7 Å². The number of benzene rings is 1. The highest BCUT2D eigenvalue weighted by Crippen LogP contribution is 2.32. The maximum absolute atomic E-state index is 13.6. The standard InChI is InChI=1S/C19H21FN4O3/c20-15-4-2-1-3-14(15)13-21-18(25)16-5-6-17(23-22-16)24-9-7-19(8-10-24)26-11-12-27-19/h1-6H,7-13H2,(H,21,25). The smallest absolute Gasteiger partial charge is 0.272 e. The van der Waals surface area contributed by atoms with Crippen LogP contribution in [-0.4, -0.2) is 48.2 Å². The molecular weight excluding hydrogens is 351 g/mol. The van der Waals surface area contributed by atoms with Crippen molar-refractivity contribution in [1.82, 2.24) is 15.5 Å². The van der Waals surface area contributed by atoms with E-state index < -0.39 is 5.79 Å². The number of rotatable bonds is 4. The molecule has 3 heterocycles. The molecule has 4 rings (SSSR count). The van der Waals surface area contributed by atoms with Gasteiger partial charge in [0.05, 0.1) is 13.2 Å². The van der Waals surface area contributed by atoms with Gasteiger partial charge in [0, 0.05) is 38.0 Å². The average molecular weight is 372 g/mol. The number of amides is 1. The Kier molecular flexibility index (Phi) is 5.00. The Morgan fingerprint density at radius 2 is 1.85 bits per heavy atom. The number of carbonyl (C=O) groups is 1. The van der Waals surface area contributed by atoms with Crippen LogP contribution in [0.4, 0.5) is 10.2 Å². The number of nitrogens with zero attached hydrogens (tertiary/aromatic N) is 3. The largest absolute Gasteiger partial charge is 0.355 e. The van der Waals surface area contributed by atoms with Gasteiger partial charge in [-0.15, -0.1) is 10.2 Å². The SMILES string of the molecule is O=C(NCc1ccccc1F)c1ccc(N2CCC3(CC2)OCCO3)nn1. The Balaban J connectivity index is 1.33. The van der Waals surface area contributed by atoms with Crippen molar-refractivity contribution in [1.29, 1.82) is 0 Å². The van der Waals surface area contributed by atoms with Gasteiger partial charge in [-0.05, 0) is 18.2 Å². The third kappa shape index (κ3) is 3.91. The molecule has 7 nitrogen and oxygen atoms in total. The molecule has 1 N–H and O–H groups in total. The van der Waals surface area contributed by atoms with Crippen molar-refractivity contribution < 1.29 is 18.7 Å². The van der Waals surface area contributed by atoms with Crippen LogP contribution >= 0.6 is 0 Å². The summed E-state index contributed by atoms with van der Waals surface area (Å²) >= 11 is 0. The van der Waals surface area contributed by atoms with Gasteiger partial charge >= 0.3 is 0 Å². The van der Waals surface area contributed by atoms with Crippen molar-refractivity contribution in [3.63, 3.8) is 0 Å². The van der Waals surface area contributed by atoms with Crippen molar-refractivity contribution in [2.75, 3.05) is 31.2 Å². The maximum atomic E-state index is 13.6. The lowest BCUT2D eigenvalue weighted by molar-refractivity contribution is -0.169. The van der Waals surface area contributed by atoms with Crippen LogP contribution in [0, 0.1) is 5.82 Å². The fourth-order valence-electron chi connectivity index (χ4n) is 3.39. The molecule has 0 radical (unpaired) electrons. The summed E-state index contributed by atoms with van der Waals surface area (Å²) in [5.74, 6) is -0.454. The van der Waals surface area contributed by atoms with E-state index >= 15 is 0 Å². The first-order chi connectivity index (χ1) is 13.2. The minimum absolute atomic E-state index is 0.100. The predicted octanol–water partition coefficient (Wildman–Crippen LogP) is 1.89. The van der Waals surface area contributed by atoms with Crippen molar-refractivity contribution >= 4 is 11.7 Å². The van der Waals surface area contributed by atoms with E-state index in [9.17, 15) is 9.18 Å². The third-order valence-corrected chi connectivity index (χ3v) is 4.94. The zero-order chi connectivity index (χ0) is 18.7. The monoisotopic (exact) mass is 372 g/mol. The zero-order valence-corrected chi connectivity index (χ0v) is 14.9. The Morgan fingerprint density at radius 1 is 1.11 bits per heavy atom. The number of aromatic nitrogens is 2. The van der Waals surface area contributed by atoms with Gasteiger partial charge in [-0.25, -0.2) is 4.39 Å². The van der Waals surface area contributed by atoms with Crippen LogP contribution in [-0.2, 0) is 16.0 Å². The van der Waals surface area contributed by atoms with Gasteiger partial charge in [0.1, 0.15) is 5.82 Å². The summed E-state index contributed by atoms with van der Waals surface area (Å²) in [7, 11) is 0. The predicted molar refractivity (Wildman–Crippen MR) is 95.7 cm³/mol. The third-order valence-electron chi connectivity index (χ3n) is 4.94. The molecule has 2 fully saturated rings.